The van der Waals surface area contributed by atoms with Gasteiger partial charge in [0.1, 0.15) is 0 Å². The molecule has 0 radical (unpaired) electrons. The predicted octanol–water partition coefficient (Wildman–Crippen LogP) is 2.77. The van der Waals surface area contributed by atoms with E-state index in [4.69, 9.17) is 5.73 Å². The van der Waals surface area contributed by atoms with Crippen molar-refractivity contribution < 1.29 is 4.79 Å². The molecule has 1 amide bonds. The zero-order valence-electron chi connectivity index (χ0n) is 10.6. The Morgan fingerprint density at radius 1 is 1.53 bits per heavy atom. The zero-order valence-corrected chi connectivity index (χ0v) is 11.4. The number of nitrogen functional groups attached to an aromatic ring is 1. The lowest BCUT2D eigenvalue weighted by atomic mass is 10.2. The summed E-state index contributed by atoms with van der Waals surface area (Å²) in [6.07, 6.45) is 1.17. The van der Waals surface area contributed by atoms with Gasteiger partial charge in [0.25, 0.3) is 5.91 Å². The smallest absolute Gasteiger partial charge is 0.251 e. The molecule has 4 heteroatoms. The molecule has 0 heterocycles. The van der Waals surface area contributed by atoms with E-state index in [-0.39, 0.29) is 5.91 Å². The first kappa shape index (κ1) is 13.9. The van der Waals surface area contributed by atoms with Gasteiger partial charge in [0, 0.05) is 28.9 Å². The summed E-state index contributed by atoms with van der Waals surface area (Å²) in [7, 11) is 1.62. The van der Waals surface area contributed by atoms with Crippen LogP contribution >= 0.6 is 11.8 Å². The topological polar surface area (TPSA) is 55.1 Å². The molecule has 0 aromatic heterocycles. The van der Waals surface area contributed by atoms with Crippen LogP contribution in [0.5, 0.6) is 0 Å². The van der Waals surface area contributed by atoms with Crippen molar-refractivity contribution in [3.63, 3.8) is 0 Å². The lowest BCUT2D eigenvalue weighted by molar-refractivity contribution is 0.0963. The number of rotatable bonds is 5. The fourth-order valence-electron chi connectivity index (χ4n) is 1.32. The van der Waals surface area contributed by atoms with Crippen LogP contribution in [0.25, 0.3) is 0 Å². The first-order chi connectivity index (χ1) is 8.08. The molecule has 0 saturated heterocycles. The fourth-order valence-corrected chi connectivity index (χ4v) is 2.41. The van der Waals surface area contributed by atoms with Crippen LogP contribution in [0.1, 0.15) is 30.6 Å². The highest BCUT2D eigenvalue weighted by atomic mass is 32.2. The quantitative estimate of drug-likeness (QED) is 0.626. The molecule has 0 fully saturated rings. The number of nitrogens with one attached hydrogen (secondary N) is 1. The first-order valence-electron chi connectivity index (χ1n) is 5.82. The summed E-state index contributed by atoms with van der Waals surface area (Å²) in [5, 5.41) is 2.59. The molecule has 1 rings (SSSR count). The second-order valence-electron chi connectivity index (χ2n) is 4.16. The van der Waals surface area contributed by atoms with Crippen molar-refractivity contribution >= 4 is 23.4 Å². The van der Waals surface area contributed by atoms with Gasteiger partial charge in [-0.3, -0.25) is 4.79 Å². The Morgan fingerprint density at radius 3 is 2.76 bits per heavy atom. The van der Waals surface area contributed by atoms with Crippen molar-refractivity contribution in [2.24, 2.45) is 5.92 Å². The number of hydrogen-bond acceptors (Lipinski definition) is 3. The summed E-state index contributed by atoms with van der Waals surface area (Å²) >= 11 is 1.75. The van der Waals surface area contributed by atoms with Crippen LogP contribution in [0.15, 0.2) is 23.1 Å². The number of benzene rings is 1. The Bertz CT molecular complexity index is 393. The predicted molar refractivity (Wildman–Crippen MR) is 74.4 cm³/mol. The fraction of sp³-hybridized carbons (Fsp3) is 0.462. The number of carbonyl (C=O) groups excluding carboxylic acids is 1. The van der Waals surface area contributed by atoms with E-state index in [2.05, 4.69) is 19.2 Å². The molecule has 0 aliphatic rings. The zero-order chi connectivity index (χ0) is 12.8. The third kappa shape index (κ3) is 3.97. The van der Waals surface area contributed by atoms with Gasteiger partial charge in [0.2, 0.25) is 0 Å². The number of anilines is 1. The average molecular weight is 252 g/mol. The van der Waals surface area contributed by atoms with Gasteiger partial charge in [-0.1, -0.05) is 20.3 Å². The van der Waals surface area contributed by atoms with Crippen molar-refractivity contribution in [3.05, 3.63) is 23.8 Å². The minimum Gasteiger partial charge on any atom is -0.398 e. The van der Waals surface area contributed by atoms with Crippen LogP contribution in [-0.4, -0.2) is 18.7 Å². The summed E-state index contributed by atoms with van der Waals surface area (Å²) in [6.45, 7) is 4.41. The molecule has 94 valence electrons. The van der Waals surface area contributed by atoms with Gasteiger partial charge in [-0.25, -0.2) is 0 Å². The van der Waals surface area contributed by atoms with Crippen molar-refractivity contribution in [2.45, 2.75) is 25.2 Å². The van der Waals surface area contributed by atoms with Crippen LogP contribution in [0.2, 0.25) is 0 Å². The molecule has 3 nitrogen and oxygen atoms in total. The lowest BCUT2D eigenvalue weighted by Gasteiger charge is -2.10. The molecule has 1 atom stereocenters. The van der Waals surface area contributed by atoms with E-state index < -0.39 is 0 Å². The molecule has 1 unspecified atom stereocenters. The molecule has 3 N–H and O–H groups in total. The number of nitrogens with two attached hydrogens (primary N) is 1. The van der Waals surface area contributed by atoms with Gasteiger partial charge < -0.3 is 11.1 Å². The number of carbonyl (C=O) groups is 1. The normalized spacial score (nSPS) is 12.2. The molecule has 0 spiro atoms. The van der Waals surface area contributed by atoms with Crippen molar-refractivity contribution in [1.29, 1.82) is 0 Å². The third-order valence-electron chi connectivity index (χ3n) is 2.72. The van der Waals surface area contributed by atoms with Crippen LogP contribution < -0.4 is 11.1 Å². The number of thioether (sulfide) groups is 1. The maximum absolute atomic E-state index is 11.4. The lowest BCUT2D eigenvalue weighted by Crippen LogP contribution is -2.17. The van der Waals surface area contributed by atoms with Gasteiger partial charge >= 0.3 is 0 Å². The van der Waals surface area contributed by atoms with Gasteiger partial charge in [0.05, 0.1) is 0 Å². The highest BCUT2D eigenvalue weighted by Crippen LogP contribution is 2.28. The average Bonchev–Trinajstić information content (AvgIpc) is 2.35. The Hall–Kier alpha value is -1.16. The maximum Gasteiger partial charge on any atom is 0.251 e. The van der Waals surface area contributed by atoms with E-state index in [1.54, 1.807) is 24.9 Å². The maximum atomic E-state index is 11.4. The first-order valence-corrected chi connectivity index (χ1v) is 6.81. The van der Waals surface area contributed by atoms with Gasteiger partial charge in [0.15, 0.2) is 0 Å². The molecule has 1 aromatic rings. The van der Waals surface area contributed by atoms with Crippen molar-refractivity contribution in [1.82, 2.24) is 5.32 Å². The molecular weight excluding hydrogens is 232 g/mol. The highest BCUT2D eigenvalue weighted by Gasteiger charge is 2.08. The molecule has 0 bridgehead atoms. The standard InChI is InChI=1S/C13H20N2OS/c1-4-9(2)8-17-12-6-5-10(7-11(12)14)13(16)15-3/h5-7,9H,4,8,14H2,1-3H3,(H,15,16). The Morgan fingerprint density at radius 2 is 2.24 bits per heavy atom. The highest BCUT2D eigenvalue weighted by molar-refractivity contribution is 7.99. The van der Waals surface area contributed by atoms with Gasteiger partial charge in [-0.2, -0.15) is 0 Å². The minimum absolute atomic E-state index is 0.102. The molecule has 0 aliphatic heterocycles. The van der Waals surface area contributed by atoms with Crippen LogP contribution in [0.4, 0.5) is 5.69 Å². The summed E-state index contributed by atoms with van der Waals surface area (Å²) in [4.78, 5) is 12.5. The van der Waals surface area contributed by atoms with Crippen molar-refractivity contribution in [3.8, 4) is 0 Å². The number of amides is 1. The second-order valence-corrected chi connectivity index (χ2v) is 5.22. The van der Waals surface area contributed by atoms with E-state index >= 15 is 0 Å². The summed E-state index contributed by atoms with van der Waals surface area (Å²) in [6, 6.07) is 5.47. The van der Waals surface area contributed by atoms with E-state index in [0.717, 1.165) is 10.6 Å². The monoisotopic (exact) mass is 252 g/mol. The Balaban J connectivity index is 2.73. The largest absolute Gasteiger partial charge is 0.398 e. The molecule has 17 heavy (non-hydrogen) atoms. The van der Waals surface area contributed by atoms with Gasteiger partial charge in [-0.05, 0) is 24.1 Å². The Labute approximate surface area is 107 Å². The van der Waals surface area contributed by atoms with Crippen LogP contribution in [0, 0.1) is 5.92 Å². The van der Waals surface area contributed by atoms with Crippen molar-refractivity contribution in [2.75, 3.05) is 18.5 Å². The Kier molecular flexibility index (Phi) is 5.35. The third-order valence-corrected chi connectivity index (χ3v) is 4.14. The molecule has 1 aromatic carbocycles. The molecule has 0 saturated carbocycles. The van der Waals surface area contributed by atoms with Crippen LogP contribution in [0.3, 0.4) is 0 Å². The minimum atomic E-state index is -0.102. The van der Waals surface area contributed by atoms with Crippen LogP contribution in [-0.2, 0) is 0 Å². The van der Waals surface area contributed by atoms with E-state index in [0.29, 0.717) is 17.2 Å². The summed E-state index contributed by atoms with van der Waals surface area (Å²) in [5.74, 6) is 1.63. The molecule has 0 aliphatic carbocycles. The SMILES string of the molecule is CCC(C)CSc1ccc(C(=O)NC)cc1N. The van der Waals surface area contributed by atoms with E-state index in [1.807, 2.05) is 12.1 Å². The van der Waals surface area contributed by atoms with E-state index in [1.165, 1.54) is 6.42 Å². The van der Waals surface area contributed by atoms with E-state index in [9.17, 15) is 4.79 Å². The molecular formula is C13H20N2OS. The summed E-state index contributed by atoms with van der Waals surface area (Å²) in [5.41, 5.74) is 7.23. The van der Waals surface area contributed by atoms with Gasteiger partial charge in [-0.15, -0.1) is 11.8 Å². The summed E-state index contributed by atoms with van der Waals surface area (Å²) < 4.78 is 0. The number of hydrogen-bond donors (Lipinski definition) is 2. The second kappa shape index (κ2) is 6.55.